The smallest absolute Gasteiger partial charge is 0.308 e. The van der Waals surface area contributed by atoms with Crippen LogP contribution >= 0.6 is 0 Å². The third-order valence-corrected chi connectivity index (χ3v) is 2.05. The Balaban J connectivity index is 3.10. The number of hydrogen-bond acceptors (Lipinski definition) is 5. The molecule has 1 aromatic carbocycles. The number of carbonyl (C=O) groups excluding carboxylic acids is 3. The van der Waals surface area contributed by atoms with Crippen LogP contribution in [0.25, 0.3) is 0 Å². The second-order valence-electron chi connectivity index (χ2n) is 3.71. The van der Waals surface area contributed by atoms with Gasteiger partial charge in [0, 0.05) is 26.0 Å². The summed E-state index contributed by atoms with van der Waals surface area (Å²) < 4.78 is 9.81. The lowest BCUT2D eigenvalue weighted by Crippen LogP contribution is -2.22. The van der Waals surface area contributed by atoms with Crippen LogP contribution in [0.4, 0.5) is 0 Å². The van der Waals surface area contributed by atoms with Crippen LogP contribution in [0.5, 0.6) is 11.5 Å². The van der Waals surface area contributed by atoms with E-state index < -0.39 is 11.9 Å². The van der Waals surface area contributed by atoms with Gasteiger partial charge in [0.15, 0.2) is 11.5 Å². The number of carbonyl (C=O) groups is 3. The van der Waals surface area contributed by atoms with Crippen LogP contribution in [-0.4, -0.2) is 24.4 Å². The van der Waals surface area contributed by atoms with Gasteiger partial charge in [-0.1, -0.05) is 0 Å². The zero-order chi connectivity index (χ0) is 14.4. The average molecular weight is 265 g/mol. The molecule has 0 aliphatic heterocycles. The molecule has 102 valence electrons. The van der Waals surface area contributed by atoms with Gasteiger partial charge in [0.2, 0.25) is 0 Å². The second-order valence-corrected chi connectivity index (χ2v) is 3.71. The van der Waals surface area contributed by atoms with Crippen molar-refractivity contribution in [2.24, 2.45) is 0 Å². The number of hydrogen-bond donors (Lipinski definition) is 1. The number of ether oxygens (including phenoxy) is 2. The Morgan fingerprint density at radius 2 is 1.63 bits per heavy atom. The molecule has 0 bridgehead atoms. The Hall–Kier alpha value is -2.37. The highest BCUT2D eigenvalue weighted by molar-refractivity contribution is 5.95. The lowest BCUT2D eigenvalue weighted by atomic mass is 10.2. The van der Waals surface area contributed by atoms with E-state index in [9.17, 15) is 14.4 Å². The fourth-order valence-corrected chi connectivity index (χ4v) is 1.39. The molecule has 1 amide bonds. The molecule has 19 heavy (non-hydrogen) atoms. The van der Waals surface area contributed by atoms with Crippen LogP contribution in [0.3, 0.4) is 0 Å². The molecule has 0 saturated carbocycles. The van der Waals surface area contributed by atoms with Gasteiger partial charge < -0.3 is 14.8 Å². The van der Waals surface area contributed by atoms with Crippen molar-refractivity contribution in [1.82, 2.24) is 5.32 Å². The van der Waals surface area contributed by atoms with Gasteiger partial charge in [0.1, 0.15) is 0 Å². The third-order valence-electron chi connectivity index (χ3n) is 2.05. The van der Waals surface area contributed by atoms with Gasteiger partial charge in [-0.25, -0.2) is 0 Å². The Morgan fingerprint density at radius 1 is 1.05 bits per heavy atom. The molecule has 0 atom stereocenters. The largest absolute Gasteiger partial charge is 0.423 e. The van der Waals surface area contributed by atoms with E-state index >= 15 is 0 Å². The maximum absolute atomic E-state index is 11.7. The highest BCUT2D eigenvalue weighted by Crippen LogP contribution is 2.28. The molecule has 0 heterocycles. The van der Waals surface area contributed by atoms with E-state index in [0.717, 1.165) is 0 Å². The van der Waals surface area contributed by atoms with Gasteiger partial charge in [0.05, 0.1) is 0 Å². The van der Waals surface area contributed by atoms with E-state index in [2.05, 4.69) is 5.32 Å². The zero-order valence-electron chi connectivity index (χ0n) is 11.0. The number of amides is 1. The van der Waals surface area contributed by atoms with Gasteiger partial charge in [-0.3, -0.25) is 14.4 Å². The summed E-state index contributed by atoms with van der Waals surface area (Å²) in [6, 6.07) is 4.24. The molecule has 0 aromatic heterocycles. The van der Waals surface area contributed by atoms with Crippen molar-refractivity contribution in [3.8, 4) is 11.5 Å². The summed E-state index contributed by atoms with van der Waals surface area (Å²) in [5.74, 6) is -1.28. The van der Waals surface area contributed by atoms with Gasteiger partial charge in [-0.15, -0.1) is 0 Å². The van der Waals surface area contributed by atoms with Crippen LogP contribution in [0.15, 0.2) is 18.2 Å². The molecule has 1 aromatic rings. The van der Waals surface area contributed by atoms with Crippen LogP contribution < -0.4 is 14.8 Å². The SMILES string of the molecule is CCNC(=O)c1ccc(OC(C)=O)c(OC(C)=O)c1. The molecular weight excluding hydrogens is 250 g/mol. The van der Waals surface area contributed by atoms with Crippen LogP contribution in [-0.2, 0) is 9.59 Å². The summed E-state index contributed by atoms with van der Waals surface area (Å²) in [7, 11) is 0. The fraction of sp³-hybridized carbons (Fsp3) is 0.308. The third kappa shape index (κ3) is 4.42. The normalized spacial score (nSPS) is 9.63. The lowest BCUT2D eigenvalue weighted by Gasteiger charge is -2.10. The van der Waals surface area contributed by atoms with Crippen LogP contribution in [0.2, 0.25) is 0 Å². The quantitative estimate of drug-likeness (QED) is 0.655. The van der Waals surface area contributed by atoms with Gasteiger partial charge in [-0.05, 0) is 25.1 Å². The summed E-state index contributed by atoms with van der Waals surface area (Å²) in [5, 5.41) is 2.62. The molecule has 0 unspecified atom stereocenters. The number of benzene rings is 1. The highest BCUT2D eigenvalue weighted by atomic mass is 16.6. The van der Waals surface area contributed by atoms with E-state index in [1.165, 1.54) is 32.0 Å². The first kappa shape index (κ1) is 14.7. The minimum atomic E-state index is -0.568. The first-order chi connectivity index (χ1) is 8.93. The summed E-state index contributed by atoms with van der Waals surface area (Å²) in [6.45, 7) is 4.72. The Morgan fingerprint density at radius 3 is 2.16 bits per heavy atom. The average Bonchev–Trinajstić information content (AvgIpc) is 2.30. The Bertz CT molecular complexity index is 510. The van der Waals surface area contributed by atoms with Crippen molar-refractivity contribution < 1.29 is 23.9 Å². The molecule has 0 aliphatic rings. The molecule has 0 fully saturated rings. The lowest BCUT2D eigenvalue weighted by molar-refractivity contribution is -0.134. The zero-order valence-corrected chi connectivity index (χ0v) is 11.0. The monoisotopic (exact) mass is 265 g/mol. The number of nitrogens with one attached hydrogen (secondary N) is 1. The van der Waals surface area contributed by atoms with Gasteiger partial charge >= 0.3 is 11.9 Å². The van der Waals surface area contributed by atoms with E-state index in [1.807, 2.05) is 0 Å². The fourth-order valence-electron chi connectivity index (χ4n) is 1.39. The Labute approximate surface area is 110 Å². The molecule has 0 radical (unpaired) electrons. The van der Waals surface area contributed by atoms with Crippen molar-refractivity contribution >= 4 is 17.8 Å². The van der Waals surface area contributed by atoms with E-state index in [0.29, 0.717) is 12.1 Å². The molecular formula is C13H15NO5. The predicted molar refractivity (Wildman–Crippen MR) is 67.1 cm³/mol. The van der Waals surface area contributed by atoms with Crippen molar-refractivity contribution in [3.63, 3.8) is 0 Å². The molecule has 6 heteroatoms. The first-order valence-corrected chi connectivity index (χ1v) is 5.73. The summed E-state index contributed by atoms with van der Waals surface area (Å²) in [6.07, 6.45) is 0. The van der Waals surface area contributed by atoms with E-state index in [-0.39, 0.29) is 17.4 Å². The van der Waals surface area contributed by atoms with Gasteiger partial charge in [0.25, 0.3) is 5.91 Å². The number of rotatable bonds is 4. The first-order valence-electron chi connectivity index (χ1n) is 5.73. The predicted octanol–water partition coefficient (Wildman–Crippen LogP) is 1.29. The second kappa shape index (κ2) is 6.53. The van der Waals surface area contributed by atoms with Crippen LogP contribution in [0.1, 0.15) is 31.1 Å². The summed E-state index contributed by atoms with van der Waals surface area (Å²) >= 11 is 0. The maximum atomic E-state index is 11.7. The number of esters is 2. The van der Waals surface area contributed by atoms with Gasteiger partial charge in [-0.2, -0.15) is 0 Å². The van der Waals surface area contributed by atoms with Crippen LogP contribution in [0, 0.1) is 0 Å². The van der Waals surface area contributed by atoms with Crippen molar-refractivity contribution in [1.29, 1.82) is 0 Å². The van der Waals surface area contributed by atoms with Crippen molar-refractivity contribution in [2.45, 2.75) is 20.8 Å². The van der Waals surface area contributed by atoms with E-state index in [1.54, 1.807) is 6.92 Å². The minimum Gasteiger partial charge on any atom is -0.423 e. The maximum Gasteiger partial charge on any atom is 0.308 e. The molecule has 0 saturated heterocycles. The summed E-state index contributed by atoms with van der Waals surface area (Å²) in [5.41, 5.74) is 0.314. The molecule has 1 N–H and O–H groups in total. The van der Waals surface area contributed by atoms with Crippen molar-refractivity contribution in [2.75, 3.05) is 6.54 Å². The Kier molecular flexibility index (Phi) is 5.05. The van der Waals surface area contributed by atoms with Crippen molar-refractivity contribution in [3.05, 3.63) is 23.8 Å². The minimum absolute atomic E-state index is 0.0338. The molecule has 1 rings (SSSR count). The molecule has 0 spiro atoms. The van der Waals surface area contributed by atoms with E-state index in [4.69, 9.17) is 9.47 Å². The summed E-state index contributed by atoms with van der Waals surface area (Å²) in [4.78, 5) is 33.6. The molecule has 6 nitrogen and oxygen atoms in total. The molecule has 0 aliphatic carbocycles. The highest BCUT2D eigenvalue weighted by Gasteiger charge is 2.14. The standard InChI is InChI=1S/C13H15NO5/c1-4-14-13(17)10-5-6-11(18-8(2)15)12(7-10)19-9(3)16/h5-7H,4H2,1-3H3,(H,14,17). The topological polar surface area (TPSA) is 81.7 Å².